The normalized spacial score (nSPS) is 14.5. The minimum Gasteiger partial charge on any atom is -0.279 e. The predicted molar refractivity (Wildman–Crippen MR) is 90.1 cm³/mol. The molecule has 0 radical (unpaired) electrons. The molecule has 0 bridgehead atoms. The molecule has 3 rings (SSSR count). The zero-order chi connectivity index (χ0) is 15.7. The van der Waals surface area contributed by atoms with Gasteiger partial charge in [-0.2, -0.15) is 0 Å². The summed E-state index contributed by atoms with van der Waals surface area (Å²) in [7, 11) is -3.59. The Morgan fingerprint density at radius 2 is 1.73 bits per heavy atom. The van der Waals surface area contributed by atoms with Gasteiger partial charge in [0.25, 0.3) is 10.0 Å². The first-order valence-corrected chi connectivity index (χ1v) is 9.22. The molecule has 3 nitrogen and oxygen atoms in total. The molecule has 0 aromatic heterocycles. The molecule has 116 valence electrons. The molecule has 0 unspecified atom stereocenters. The Morgan fingerprint density at radius 3 is 2.50 bits per heavy atom. The van der Waals surface area contributed by atoms with Gasteiger partial charge in [0, 0.05) is 5.02 Å². The van der Waals surface area contributed by atoms with Crippen molar-refractivity contribution in [1.29, 1.82) is 0 Å². The van der Waals surface area contributed by atoms with Crippen molar-refractivity contribution in [1.82, 2.24) is 0 Å². The van der Waals surface area contributed by atoms with Crippen molar-refractivity contribution in [2.75, 3.05) is 4.72 Å². The first kappa shape index (κ1) is 15.4. The number of hydrogen-bond acceptors (Lipinski definition) is 2. The van der Waals surface area contributed by atoms with E-state index < -0.39 is 10.0 Å². The average Bonchev–Trinajstić information content (AvgIpc) is 2.50. The molecule has 22 heavy (non-hydrogen) atoms. The van der Waals surface area contributed by atoms with Crippen molar-refractivity contribution in [2.24, 2.45) is 0 Å². The summed E-state index contributed by atoms with van der Waals surface area (Å²) in [5.74, 6) is 0. The van der Waals surface area contributed by atoms with Crippen LogP contribution in [0.3, 0.4) is 0 Å². The van der Waals surface area contributed by atoms with Gasteiger partial charge >= 0.3 is 0 Å². The molecule has 0 aliphatic heterocycles. The summed E-state index contributed by atoms with van der Waals surface area (Å²) in [6.45, 7) is 1.85. The molecular formula is C17H18ClNO2S. The molecule has 0 spiro atoms. The van der Waals surface area contributed by atoms with Crippen molar-refractivity contribution in [3.63, 3.8) is 0 Å². The number of sulfonamides is 1. The fraction of sp³-hybridized carbons (Fsp3) is 0.294. The lowest BCUT2D eigenvalue weighted by Gasteiger charge is -2.17. The third-order valence-electron chi connectivity index (χ3n) is 4.07. The Bertz CT molecular complexity index is 815. The lowest BCUT2D eigenvalue weighted by atomic mass is 9.92. The van der Waals surface area contributed by atoms with E-state index in [1.807, 2.05) is 13.0 Å². The number of nitrogens with one attached hydrogen (secondary N) is 1. The van der Waals surface area contributed by atoms with E-state index in [2.05, 4.69) is 4.72 Å². The van der Waals surface area contributed by atoms with Crippen molar-refractivity contribution in [2.45, 2.75) is 37.5 Å². The van der Waals surface area contributed by atoms with Gasteiger partial charge < -0.3 is 0 Å². The van der Waals surface area contributed by atoms with Crippen molar-refractivity contribution >= 4 is 27.3 Å². The Hall–Kier alpha value is -1.52. The van der Waals surface area contributed by atoms with Crippen LogP contribution in [0.4, 0.5) is 5.69 Å². The monoisotopic (exact) mass is 335 g/mol. The van der Waals surface area contributed by atoms with Crippen molar-refractivity contribution < 1.29 is 8.42 Å². The molecule has 2 aromatic carbocycles. The highest BCUT2D eigenvalue weighted by molar-refractivity contribution is 7.92. The highest BCUT2D eigenvalue weighted by Crippen LogP contribution is 2.27. The first-order valence-electron chi connectivity index (χ1n) is 7.36. The minimum absolute atomic E-state index is 0.313. The molecule has 0 saturated carbocycles. The summed E-state index contributed by atoms with van der Waals surface area (Å²) in [6, 6.07) is 10.6. The highest BCUT2D eigenvalue weighted by atomic mass is 35.5. The molecule has 1 N–H and O–H groups in total. The van der Waals surface area contributed by atoms with Crippen LogP contribution in [0.15, 0.2) is 41.3 Å². The first-order chi connectivity index (χ1) is 10.5. The second-order valence-corrected chi connectivity index (χ2v) is 7.82. The van der Waals surface area contributed by atoms with Crippen LogP contribution >= 0.6 is 11.6 Å². The lowest BCUT2D eigenvalue weighted by molar-refractivity contribution is 0.600. The van der Waals surface area contributed by atoms with Crippen molar-refractivity contribution in [3.8, 4) is 0 Å². The molecule has 0 heterocycles. The fourth-order valence-electron chi connectivity index (χ4n) is 2.78. The van der Waals surface area contributed by atoms with Crippen LogP contribution in [0.25, 0.3) is 0 Å². The van der Waals surface area contributed by atoms with Gasteiger partial charge in [0.1, 0.15) is 0 Å². The smallest absolute Gasteiger partial charge is 0.261 e. The summed E-state index contributed by atoms with van der Waals surface area (Å²) >= 11 is 5.95. The fourth-order valence-corrected chi connectivity index (χ4v) is 4.13. The van der Waals surface area contributed by atoms with E-state index >= 15 is 0 Å². The van der Waals surface area contributed by atoms with E-state index in [4.69, 9.17) is 11.6 Å². The van der Waals surface area contributed by atoms with Gasteiger partial charge in [-0.05, 0) is 73.6 Å². The van der Waals surface area contributed by atoms with Gasteiger partial charge in [-0.1, -0.05) is 23.7 Å². The van der Waals surface area contributed by atoms with E-state index in [1.54, 1.807) is 30.3 Å². The van der Waals surface area contributed by atoms with E-state index in [0.717, 1.165) is 30.4 Å². The number of fused-ring (bicyclic) bond motifs is 1. The molecule has 0 saturated heterocycles. The van der Waals surface area contributed by atoms with Gasteiger partial charge in [-0.15, -0.1) is 0 Å². The predicted octanol–water partition coefficient (Wildman–Crippen LogP) is 4.33. The SMILES string of the molecule is Cc1ccc(Cl)cc1NS(=O)(=O)c1ccc2c(c1)CCCC2. The van der Waals surface area contributed by atoms with E-state index in [-0.39, 0.29) is 0 Å². The number of aryl methyl sites for hydroxylation is 3. The van der Waals surface area contributed by atoms with Crippen LogP contribution in [0.2, 0.25) is 5.02 Å². The van der Waals surface area contributed by atoms with Crippen LogP contribution in [-0.4, -0.2) is 8.42 Å². The molecule has 0 amide bonds. The quantitative estimate of drug-likeness (QED) is 0.907. The summed E-state index contributed by atoms with van der Waals surface area (Å²) in [4.78, 5) is 0.313. The lowest BCUT2D eigenvalue weighted by Crippen LogP contribution is -2.15. The second kappa shape index (κ2) is 5.94. The van der Waals surface area contributed by atoms with Crippen LogP contribution in [-0.2, 0) is 22.9 Å². The molecule has 0 fully saturated rings. The van der Waals surface area contributed by atoms with Crippen LogP contribution in [0, 0.1) is 6.92 Å². The summed E-state index contributed by atoms with van der Waals surface area (Å²) < 4.78 is 27.8. The van der Waals surface area contributed by atoms with E-state index in [1.165, 1.54) is 12.0 Å². The zero-order valence-electron chi connectivity index (χ0n) is 12.4. The Balaban J connectivity index is 1.94. The summed E-state index contributed by atoms with van der Waals surface area (Å²) in [6.07, 6.45) is 4.29. The molecule has 2 aromatic rings. The average molecular weight is 336 g/mol. The van der Waals surface area contributed by atoms with Gasteiger partial charge in [0.2, 0.25) is 0 Å². The number of rotatable bonds is 3. The number of hydrogen-bond donors (Lipinski definition) is 1. The van der Waals surface area contributed by atoms with E-state index in [9.17, 15) is 8.42 Å². The van der Waals surface area contributed by atoms with Gasteiger partial charge in [0.15, 0.2) is 0 Å². The topological polar surface area (TPSA) is 46.2 Å². The largest absolute Gasteiger partial charge is 0.279 e. The molecule has 0 atom stereocenters. The third-order valence-corrected chi connectivity index (χ3v) is 5.67. The Morgan fingerprint density at radius 1 is 1.00 bits per heavy atom. The van der Waals surface area contributed by atoms with Crippen molar-refractivity contribution in [3.05, 3.63) is 58.1 Å². The molecule has 5 heteroatoms. The second-order valence-electron chi connectivity index (χ2n) is 5.70. The maximum absolute atomic E-state index is 12.6. The third kappa shape index (κ3) is 3.13. The minimum atomic E-state index is -3.59. The van der Waals surface area contributed by atoms with Gasteiger partial charge in [-0.25, -0.2) is 8.42 Å². The zero-order valence-corrected chi connectivity index (χ0v) is 14.0. The van der Waals surface area contributed by atoms with E-state index in [0.29, 0.717) is 15.6 Å². The number of halogens is 1. The van der Waals surface area contributed by atoms with Gasteiger partial charge in [0.05, 0.1) is 10.6 Å². The molecule has 1 aliphatic carbocycles. The Kier molecular flexibility index (Phi) is 4.15. The standard InChI is InChI=1S/C17H18ClNO2S/c1-12-6-8-15(18)11-17(12)19-22(20,21)16-9-7-13-4-2-3-5-14(13)10-16/h6-11,19H,2-5H2,1H3. The number of anilines is 1. The molecule has 1 aliphatic rings. The highest BCUT2D eigenvalue weighted by Gasteiger charge is 2.18. The Labute approximate surface area is 136 Å². The summed E-state index contributed by atoms with van der Waals surface area (Å²) in [5, 5.41) is 0.508. The van der Waals surface area contributed by atoms with Gasteiger partial charge in [-0.3, -0.25) is 4.72 Å². The van der Waals surface area contributed by atoms with Crippen LogP contribution < -0.4 is 4.72 Å². The summed E-state index contributed by atoms with van der Waals surface area (Å²) in [5.41, 5.74) is 3.78. The molecular weight excluding hydrogens is 318 g/mol. The van der Waals surface area contributed by atoms with Crippen LogP contribution in [0.1, 0.15) is 29.5 Å². The maximum atomic E-state index is 12.6. The van der Waals surface area contributed by atoms with Crippen LogP contribution in [0.5, 0.6) is 0 Å². The number of benzene rings is 2. The maximum Gasteiger partial charge on any atom is 0.261 e.